The highest BCUT2D eigenvalue weighted by molar-refractivity contribution is 6.07. The Balaban J connectivity index is 1.33. The molecular formula is C35H41N7O4. The number of piperidine rings is 1. The highest BCUT2D eigenvalue weighted by atomic mass is 16.2. The summed E-state index contributed by atoms with van der Waals surface area (Å²) in [7, 11) is 0. The minimum atomic E-state index is -0.516. The number of aromatic nitrogens is 5. The Morgan fingerprint density at radius 3 is 2.67 bits per heavy atom. The molecule has 3 aromatic heterocycles. The molecule has 46 heavy (non-hydrogen) atoms. The van der Waals surface area contributed by atoms with Gasteiger partial charge in [-0.15, -0.1) is 0 Å². The van der Waals surface area contributed by atoms with Crippen molar-refractivity contribution < 1.29 is 19.2 Å². The van der Waals surface area contributed by atoms with Gasteiger partial charge in [-0.1, -0.05) is 26.7 Å². The summed E-state index contributed by atoms with van der Waals surface area (Å²) in [6.45, 7) is 7.64. The SMILES string of the molecule is CCC(=O)[C@@H]1C[C@]23CNC(=O)[C@@H](C)CCCCCc4cc(-c5cnc6cc(C)nn6c5)cc5c(C(C)=O)nn(c45)CC(=O)N1[C@@H]2C3. The Hall–Kier alpha value is -4.41. The monoisotopic (exact) mass is 623 g/mol. The van der Waals surface area contributed by atoms with Crippen LogP contribution in [0.2, 0.25) is 0 Å². The summed E-state index contributed by atoms with van der Waals surface area (Å²) in [6, 6.07) is 5.39. The van der Waals surface area contributed by atoms with Crippen LogP contribution in [0.1, 0.15) is 87.5 Å². The number of hydrogen-bond donors (Lipinski definition) is 1. The van der Waals surface area contributed by atoms with Crippen LogP contribution in [-0.4, -0.2) is 71.3 Å². The minimum Gasteiger partial charge on any atom is -0.355 e. The van der Waals surface area contributed by atoms with Crippen LogP contribution in [0.25, 0.3) is 27.7 Å². The molecule has 2 amide bonds. The molecule has 2 fully saturated rings. The number of Topliss-reactive ketones (excluding diaryl/α,β-unsaturated/α-hetero) is 2. The number of rotatable bonds is 4. The molecule has 1 aromatic carbocycles. The molecule has 1 aliphatic carbocycles. The van der Waals surface area contributed by atoms with E-state index in [1.54, 1.807) is 14.1 Å². The number of fused-ring (bicyclic) bond motifs is 1. The highest BCUT2D eigenvalue weighted by Crippen LogP contribution is 2.59. The van der Waals surface area contributed by atoms with Crippen molar-refractivity contribution in [3.05, 3.63) is 47.5 Å². The van der Waals surface area contributed by atoms with Crippen LogP contribution >= 0.6 is 0 Å². The van der Waals surface area contributed by atoms with Crippen LogP contribution in [-0.2, 0) is 27.3 Å². The molecule has 11 nitrogen and oxygen atoms in total. The third-order valence-electron chi connectivity index (χ3n) is 10.4. The summed E-state index contributed by atoms with van der Waals surface area (Å²) in [4.78, 5) is 59.7. The van der Waals surface area contributed by atoms with E-state index in [1.807, 2.05) is 45.3 Å². The van der Waals surface area contributed by atoms with Crippen molar-refractivity contribution in [2.45, 2.75) is 97.7 Å². The van der Waals surface area contributed by atoms with Gasteiger partial charge in [-0.25, -0.2) is 9.50 Å². The van der Waals surface area contributed by atoms with Crippen LogP contribution in [0.3, 0.4) is 0 Å². The van der Waals surface area contributed by atoms with Gasteiger partial charge in [0.1, 0.15) is 12.2 Å². The van der Waals surface area contributed by atoms with Gasteiger partial charge in [0.15, 0.2) is 17.2 Å². The lowest BCUT2D eigenvalue weighted by molar-refractivity contribution is -0.139. The van der Waals surface area contributed by atoms with E-state index in [0.717, 1.165) is 65.7 Å². The Morgan fingerprint density at radius 2 is 1.89 bits per heavy atom. The lowest BCUT2D eigenvalue weighted by Crippen LogP contribution is -2.44. The Morgan fingerprint density at radius 1 is 1.07 bits per heavy atom. The van der Waals surface area contributed by atoms with Crippen molar-refractivity contribution in [3.63, 3.8) is 0 Å². The maximum absolute atomic E-state index is 14.2. The Labute approximate surface area is 267 Å². The number of nitrogens with one attached hydrogen (secondary N) is 1. The largest absolute Gasteiger partial charge is 0.355 e. The molecule has 240 valence electrons. The van der Waals surface area contributed by atoms with E-state index in [9.17, 15) is 19.2 Å². The summed E-state index contributed by atoms with van der Waals surface area (Å²) < 4.78 is 3.44. The average molecular weight is 624 g/mol. The summed E-state index contributed by atoms with van der Waals surface area (Å²) in [5.74, 6) is -0.398. The number of carbonyl (C=O) groups is 4. The van der Waals surface area contributed by atoms with E-state index in [-0.39, 0.29) is 47.3 Å². The molecule has 2 aliphatic heterocycles. The van der Waals surface area contributed by atoms with Crippen molar-refractivity contribution in [1.82, 2.24) is 34.6 Å². The predicted molar refractivity (Wildman–Crippen MR) is 172 cm³/mol. The van der Waals surface area contributed by atoms with Crippen molar-refractivity contribution >= 4 is 39.9 Å². The topological polar surface area (TPSA) is 132 Å². The number of amides is 2. The van der Waals surface area contributed by atoms with E-state index in [1.165, 1.54) is 6.92 Å². The zero-order chi connectivity index (χ0) is 32.3. The summed E-state index contributed by atoms with van der Waals surface area (Å²) in [5.41, 5.74) is 5.21. The molecule has 4 atom stereocenters. The zero-order valence-electron chi connectivity index (χ0n) is 27.0. The number of benzene rings is 1. The van der Waals surface area contributed by atoms with Crippen LogP contribution in [0, 0.1) is 18.3 Å². The molecule has 11 heteroatoms. The van der Waals surface area contributed by atoms with Crippen molar-refractivity contribution in [2.75, 3.05) is 6.54 Å². The number of hydrogen-bond acceptors (Lipinski definition) is 7. The Bertz CT molecular complexity index is 1910. The van der Waals surface area contributed by atoms with Gasteiger partial charge in [-0.2, -0.15) is 10.2 Å². The van der Waals surface area contributed by atoms with Gasteiger partial charge < -0.3 is 10.2 Å². The van der Waals surface area contributed by atoms with Crippen LogP contribution in [0.4, 0.5) is 0 Å². The lowest BCUT2D eigenvalue weighted by atomic mass is 9.95. The maximum atomic E-state index is 14.2. The lowest BCUT2D eigenvalue weighted by Gasteiger charge is -2.26. The van der Waals surface area contributed by atoms with E-state index in [0.29, 0.717) is 36.9 Å². The quantitative estimate of drug-likeness (QED) is 0.332. The molecular weight excluding hydrogens is 582 g/mol. The highest BCUT2D eigenvalue weighted by Gasteiger charge is 2.66. The average Bonchev–Trinajstić information content (AvgIpc) is 3.28. The number of carbonyl (C=O) groups excluding carboxylic acids is 4. The molecule has 4 aromatic rings. The van der Waals surface area contributed by atoms with Crippen LogP contribution < -0.4 is 5.32 Å². The van der Waals surface area contributed by atoms with Crippen molar-refractivity contribution in [1.29, 1.82) is 0 Å². The fourth-order valence-corrected chi connectivity index (χ4v) is 7.76. The molecule has 2 bridgehead atoms. The fourth-order valence-electron chi connectivity index (χ4n) is 7.76. The number of nitrogens with zero attached hydrogens (tertiary/aromatic N) is 6. The predicted octanol–water partition coefficient (Wildman–Crippen LogP) is 4.46. The van der Waals surface area contributed by atoms with Crippen LogP contribution in [0.5, 0.6) is 0 Å². The summed E-state index contributed by atoms with van der Waals surface area (Å²) in [6.07, 6.45) is 9.66. The molecule has 1 N–H and O–H groups in total. The number of aryl methyl sites for hydroxylation is 2. The summed E-state index contributed by atoms with van der Waals surface area (Å²) >= 11 is 0. The summed E-state index contributed by atoms with van der Waals surface area (Å²) in [5, 5.41) is 13.1. The zero-order valence-corrected chi connectivity index (χ0v) is 27.0. The second-order valence-corrected chi connectivity index (χ2v) is 13.7. The van der Waals surface area contributed by atoms with Gasteiger partial charge in [0.2, 0.25) is 11.8 Å². The normalized spacial score (nSPS) is 25.4. The molecule has 0 radical (unpaired) electrons. The van der Waals surface area contributed by atoms with Gasteiger partial charge in [0.25, 0.3) is 0 Å². The van der Waals surface area contributed by atoms with E-state index < -0.39 is 6.04 Å². The first-order chi connectivity index (χ1) is 22.1. The third-order valence-corrected chi connectivity index (χ3v) is 10.4. The van der Waals surface area contributed by atoms with Crippen molar-refractivity contribution in [2.24, 2.45) is 11.3 Å². The standard InChI is InChI=1S/C35H41N7O4/c1-5-28(44)27-14-35-15-29(35)42(27)31(45)18-41-33-23(10-8-6-7-9-20(2)34(46)37-19-35)12-24(13-26(33)32(39-41)22(4)43)25-16-36-30-11-21(3)38-40(30)17-25/h11-13,16-17,20,27,29H,5-10,14-15,18-19H2,1-4H3,(H,37,46)/t20-,27-,29+,35-/m0/s1. The Kier molecular flexibility index (Phi) is 7.52. The van der Waals surface area contributed by atoms with Gasteiger partial charge in [-0.05, 0) is 62.3 Å². The molecule has 1 saturated carbocycles. The first-order valence-electron chi connectivity index (χ1n) is 16.6. The fraction of sp³-hybridized carbons (Fsp3) is 0.514. The molecule has 5 heterocycles. The van der Waals surface area contributed by atoms with E-state index >= 15 is 0 Å². The van der Waals surface area contributed by atoms with Gasteiger partial charge in [-0.3, -0.25) is 23.9 Å². The molecule has 7 rings (SSSR count). The third kappa shape index (κ3) is 5.19. The molecule has 0 spiro atoms. The van der Waals surface area contributed by atoms with Gasteiger partial charge in [0, 0.05) is 66.7 Å². The second-order valence-electron chi connectivity index (χ2n) is 13.7. The smallest absolute Gasteiger partial charge is 0.245 e. The van der Waals surface area contributed by atoms with E-state index in [4.69, 9.17) is 5.10 Å². The second kappa shape index (κ2) is 11.4. The molecule has 3 aliphatic rings. The number of ketones is 2. The minimum absolute atomic E-state index is 0.0343. The molecule has 0 unspecified atom stereocenters. The van der Waals surface area contributed by atoms with Gasteiger partial charge in [0.05, 0.1) is 17.3 Å². The first kappa shape index (κ1) is 30.3. The van der Waals surface area contributed by atoms with Crippen LogP contribution in [0.15, 0.2) is 30.6 Å². The van der Waals surface area contributed by atoms with Gasteiger partial charge >= 0.3 is 0 Å². The maximum Gasteiger partial charge on any atom is 0.245 e. The van der Waals surface area contributed by atoms with E-state index in [2.05, 4.69) is 21.5 Å². The molecule has 1 saturated heterocycles. The van der Waals surface area contributed by atoms with Crippen molar-refractivity contribution in [3.8, 4) is 11.1 Å². The first-order valence-corrected chi connectivity index (χ1v) is 16.6.